The Morgan fingerprint density at radius 1 is 1.29 bits per heavy atom. The van der Waals surface area contributed by atoms with Crippen LogP contribution >= 0.6 is 0 Å². The minimum absolute atomic E-state index is 0.297. The Kier molecular flexibility index (Phi) is 2.10. The van der Waals surface area contributed by atoms with E-state index in [1.807, 2.05) is 6.08 Å². The van der Waals surface area contributed by atoms with Gasteiger partial charge in [0.05, 0.1) is 5.41 Å². The van der Waals surface area contributed by atoms with Crippen LogP contribution in [0.15, 0.2) is 17.3 Å². The third-order valence-electron chi connectivity index (χ3n) is 4.49. The Balaban J connectivity index is 2.15. The topological polar surface area (TPSA) is 73.1 Å². The standard InChI is InChI=1S/C12H16N2O3/c15-10-11(5-1-2-6-11)9(13-16)12(14(10)17)7-3-4-8-12/h3,7,16-17H,1-2,4-6,8H2/b13-9-. The molecule has 3 aliphatic rings. The van der Waals surface area contributed by atoms with Gasteiger partial charge in [0, 0.05) is 0 Å². The van der Waals surface area contributed by atoms with Gasteiger partial charge in [0.1, 0.15) is 11.3 Å². The Hall–Kier alpha value is -1.36. The fourth-order valence-corrected chi connectivity index (χ4v) is 3.65. The van der Waals surface area contributed by atoms with Gasteiger partial charge in [0.25, 0.3) is 5.91 Å². The van der Waals surface area contributed by atoms with Gasteiger partial charge in [-0.05, 0) is 25.7 Å². The number of hydrogen-bond acceptors (Lipinski definition) is 4. The van der Waals surface area contributed by atoms with Crippen LogP contribution in [0.5, 0.6) is 0 Å². The smallest absolute Gasteiger partial charge is 0.259 e. The summed E-state index contributed by atoms with van der Waals surface area (Å²) >= 11 is 0. The number of oxime groups is 1. The van der Waals surface area contributed by atoms with Crippen molar-refractivity contribution in [2.75, 3.05) is 0 Å². The number of hydroxylamine groups is 2. The minimum Gasteiger partial charge on any atom is -0.411 e. The quantitative estimate of drug-likeness (QED) is 0.291. The van der Waals surface area contributed by atoms with Crippen LogP contribution in [-0.4, -0.2) is 32.6 Å². The number of carbonyl (C=O) groups excluding carboxylic acids is 1. The van der Waals surface area contributed by atoms with E-state index >= 15 is 0 Å². The highest BCUT2D eigenvalue weighted by atomic mass is 16.5. The summed E-state index contributed by atoms with van der Waals surface area (Å²) in [6.07, 6.45) is 8.37. The molecule has 1 aliphatic heterocycles. The van der Waals surface area contributed by atoms with Crippen LogP contribution < -0.4 is 0 Å². The first kappa shape index (κ1) is 10.8. The first-order valence-electron chi connectivity index (χ1n) is 6.12. The second-order valence-corrected chi connectivity index (χ2v) is 5.22. The summed E-state index contributed by atoms with van der Waals surface area (Å²) < 4.78 is 0. The van der Waals surface area contributed by atoms with E-state index in [4.69, 9.17) is 0 Å². The molecule has 0 radical (unpaired) electrons. The zero-order valence-electron chi connectivity index (χ0n) is 9.59. The van der Waals surface area contributed by atoms with Crippen LogP contribution in [0.3, 0.4) is 0 Å². The lowest BCUT2D eigenvalue weighted by atomic mass is 9.76. The summed E-state index contributed by atoms with van der Waals surface area (Å²) in [5, 5.41) is 23.6. The van der Waals surface area contributed by atoms with Gasteiger partial charge >= 0.3 is 0 Å². The van der Waals surface area contributed by atoms with Crippen molar-refractivity contribution in [2.45, 2.75) is 44.1 Å². The third kappa shape index (κ3) is 1.08. The fraction of sp³-hybridized carbons (Fsp3) is 0.667. The molecule has 1 atom stereocenters. The lowest BCUT2D eigenvalue weighted by Crippen LogP contribution is -2.45. The molecule has 2 fully saturated rings. The summed E-state index contributed by atoms with van der Waals surface area (Å²) in [4.78, 5) is 12.3. The monoisotopic (exact) mass is 236 g/mol. The molecular weight excluding hydrogens is 220 g/mol. The number of hydrogen-bond donors (Lipinski definition) is 2. The fourth-order valence-electron chi connectivity index (χ4n) is 3.65. The molecule has 0 bridgehead atoms. The van der Waals surface area contributed by atoms with Gasteiger partial charge in [-0.2, -0.15) is 0 Å². The van der Waals surface area contributed by atoms with E-state index in [0.29, 0.717) is 25.0 Å². The molecule has 0 aromatic carbocycles. The van der Waals surface area contributed by atoms with Gasteiger partial charge in [0.15, 0.2) is 0 Å². The predicted octanol–water partition coefficient (Wildman–Crippen LogP) is 1.70. The van der Waals surface area contributed by atoms with E-state index in [1.165, 1.54) is 0 Å². The number of nitrogens with zero attached hydrogens (tertiary/aromatic N) is 2. The van der Waals surface area contributed by atoms with Crippen molar-refractivity contribution < 1.29 is 15.2 Å². The highest BCUT2D eigenvalue weighted by Crippen LogP contribution is 2.52. The average Bonchev–Trinajstić information content (AvgIpc) is 3.01. The summed E-state index contributed by atoms with van der Waals surface area (Å²) in [6.45, 7) is 0. The van der Waals surface area contributed by atoms with E-state index in [1.54, 1.807) is 6.08 Å². The van der Waals surface area contributed by atoms with Crippen molar-refractivity contribution in [3.8, 4) is 0 Å². The largest absolute Gasteiger partial charge is 0.411 e. The van der Waals surface area contributed by atoms with Crippen LogP contribution in [0.4, 0.5) is 0 Å². The predicted molar refractivity (Wildman–Crippen MR) is 59.9 cm³/mol. The van der Waals surface area contributed by atoms with E-state index in [-0.39, 0.29) is 5.91 Å². The molecule has 3 rings (SSSR count). The normalized spacial score (nSPS) is 37.1. The summed E-state index contributed by atoms with van der Waals surface area (Å²) in [7, 11) is 0. The first-order valence-corrected chi connectivity index (χ1v) is 6.12. The maximum atomic E-state index is 12.3. The van der Waals surface area contributed by atoms with E-state index in [2.05, 4.69) is 5.16 Å². The van der Waals surface area contributed by atoms with Gasteiger partial charge in [0.2, 0.25) is 0 Å². The molecular formula is C12H16N2O3. The van der Waals surface area contributed by atoms with E-state index in [0.717, 1.165) is 24.3 Å². The molecule has 17 heavy (non-hydrogen) atoms. The Morgan fingerprint density at radius 3 is 2.53 bits per heavy atom. The van der Waals surface area contributed by atoms with Crippen LogP contribution in [0.2, 0.25) is 0 Å². The van der Waals surface area contributed by atoms with E-state index in [9.17, 15) is 15.2 Å². The zero-order chi connectivity index (χ0) is 12.1. The van der Waals surface area contributed by atoms with Crippen molar-refractivity contribution in [3.05, 3.63) is 12.2 Å². The summed E-state index contributed by atoms with van der Waals surface area (Å²) in [5.74, 6) is -0.297. The molecule has 1 saturated heterocycles. The Morgan fingerprint density at radius 2 is 2.00 bits per heavy atom. The molecule has 2 aliphatic carbocycles. The average molecular weight is 236 g/mol. The van der Waals surface area contributed by atoms with Gasteiger partial charge in [-0.25, -0.2) is 5.06 Å². The third-order valence-corrected chi connectivity index (χ3v) is 4.49. The van der Waals surface area contributed by atoms with Crippen LogP contribution in [0.25, 0.3) is 0 Å². The summed E-state index contributed by atoms with van der Waals surface area (Å²) in [6, 6.07) is 0. The van der Waals surface area contributed by atoms with Crippen LogP contribution in [0, 0.1) is 5.41 Å². The highest BCUT2D eigenvalue weighted by Gasteiger charge is 2.65. The molecule has 2 N–H and O–H groups in total. The molecule has 92 valence electrons. The maximum Gasteiger partial charge on any atom is 0.259 e. The van der Waals surface area contributed by atoms with Gasteiger partial charge in [-0.3, -0.25) is 10.0 Å². The van der Waals surface area contributed by atoms with Crippen molar-refractivity contribution in [1.82, 2.24) is 5.06 Å². The highest BCUT2D eigenvalue weighted by molar-refractivity contribution is 6.20. The van der Waals surface area contributed by atoms with Gasteiger partial charge in [-0.1, -0.05) is 30.1 Å². The van der Waals surface area contributed by atoms with E-state index < -0.39 is 11.0 Å². The molecule has 0 aromatic heterocycles. The second kappa shape index (κ2) is 3.32. The molecule has 5 nitrogen and oxygen atoms in total. The van der Waals surface area contributed by atoms with Crippen molar-refractivity contribution in [2.24, 2.45) is 10.6 Å². The SMILES string of the molecule is O=C1N(O)C2(C=CCC2)/C(=N\O)C12CCCC2. The molecule has 1 saturated carbocycles. The number of rotatable bonds is 0. The molecule has 1 unspecified atom stereocenters. The van der Waals surface area contributed by atoms with Crippen LogP contribution in [0.1, 0.15) is 38.5 Å². The van der Waals surface area contributed by atoms with Gasteiger partial charge < -0.3 is 5.21 Å². The first-order chi connectivity index (χ1) is 8.17. The zero-order valence-corrected chi connectivity index (χ0v) is 9.59. The lowest BCUT2D eigenvalue weighted by molar-refractivity contribution is -0.177. The Labute approximate surface area is 99.4 Å². The number of allylic oxidation sites excluding steroid dienone is 1. The van der Waals surface area contributed by atoms with Crippen molar-refractivity contribution in [3.63, 3.8) is 0 Å². The molecule has 1 heterocycles. The molecule has 2 spiro atoms. The number of amides is 1. The van der Waals surface area contributed by atoms with Crippen LogP contribution in [-0.2, 0) is 4.79 Å². The van der Waals surface area contributed by atoms with Crippen molar-refractivity contribution >= 4 is 11.6 Å². The molecule has 1 amide bonds. The molecule has 0 aromatic rings. The minimum atomic E-state index is -0.879. The van der Waals surface area contributed by atoms with Gasteiger partial charge in [-0.15, -0.1) is 0 Å². The molecule has 5 heteroatoms. The number of carbonyl (C=O) groups is 1. The Bertz CT molecular complexity index is 423. The summed E-state index contributed by atoms with van der Waals surface area (Å²) in [5.41, 5.74) is -1.18. The lowest BCUT2D eigenvalue weighted by Gasteiger charge is -2.27. The van der Waals surface area contributed by atoms with Crippen molar-refractivity contribution in [1.29, 1.82) is 0 Å². The maximum absolute atomic E-state index is 12.3. The second-order valence-electron chi connectivity index (χ2n) is 5.22.